The van der Waals surface area contributed by atoms with Crippen LogP contribution in [0.3, 0.4) is 0 Å². The third-order valence-electron chi connectivity index (χ3n) is 2.96. The maximum Gasteiger partial charge on any atom is 0.308 e. The van der Waals surface area contributed by atoms with Crippen molar-refractivity contribution >= 4 is 17.6 Å². The van der Waals surface area contributed by atoms with Gasteiger partial charge in [-0.05, 0) is 37.1 Å². The highest BCUT2D eigenvalue weighted by atomic mass is 16.5. The van der Waals surface area contributed by atoms with Crippen molar-refractivity contribution in [3.63, 3.8) is 0 Å². The molecular formula is C15H21NO4. The summed E-state index contributed by atoms with van der Waals surface area (Å²) in [6.45, 7) is 5.52. The second-order valence-electron chi connectivity index (χ2n) is 5.02. The Bertz CT molecular complexity index is 478. The van der Waals surface area contributed by atoms with Crippen LogP contribution in [-0.4, -0.2) is 37.2 Å². The molecule has 0 aliphatic rings. The van der Waals surface area contributed by atoms with Crippen LogP contribution in [0.2, 0.25) is 0 Å². The van der Waals surface area contributed by atoms with E-state index in [2.05, 4.69) is 0 Å². The summed E-state index contributed by atoms with van der Waals surface area (Å²) in [5, 5.41) is 9.03. The predicted molar refractivity (Wildman–Crippen MR) is 76.9 cm³/mol. The molecule has 0 heterocycles. The molecule has 1 atom stereocenters. The molecule has 0 radical (unpaired) electrons. The Morgan fingerprint density at radius 3 is 2.25 bits per heavy atom. The van der Waals surface area contributed by atoms with Gasteiger partial charge in [-0.3, -0.25) is 9.59 Å². The molecule has 0 aromatic heterocycles. The highest BCUT2D eigenvalue weighted by Gasteiger charge is 2.22. The number of carbonyl (C=O) groups excluding carboxylic acids is 1. The normalized spacial score (nSPS) is 12.0. The average Bonchev–Trinajstić information content (AvgIpc) is 2.34. The fourth-order valence-electron chi connectivity index (χ4n) is 2.01. The zero-order valence-electron chi connectivity index (χ0n) is 12.3. The number of carbonyl (C=O) groups is 2. The summed E-state index contributed by atoms with van der Waals surface area (Å²) >= 11 is 0. The summed E-state index contributed by atoms with van der Waals surface area (Å²) in [5.74, 6) is -1.81. The third-order valence-corrected chi connectivity index (χ3v) is 2.96. The van der Waals surface area contributed by atoms with Gasteiger partial charge in [-0.2, -0.15) is 0 Å². The van der Waals surface area contributed by atoms with Crippen LogP contribution in [0.1, 0.15) is 18.1 Å². The van der Waals surface area contributed by atoms with E-state index in [1.165, 1.54) is 12.0 Å². The summed E-state index contributed by atoms with van der Waals surface area (Å²) in [4.78, 5) is 24.6. The Hall–Kier alpha value is -1.88. The SMILES string of the molecule is COCC(=O)N(CC(C)C(=O)O)c1cc(C)cc(C)c1. The molecule has 1 aromatic carbocycles. The van der Waals surface area contributed by atoms with Gasteiger partial charge in [0.15, 0.2) is 0 Å². The van der Waals surface area contributed by atoms with Gasteiger partial charge in [-0.1, -0.05) is 13.0 Å². The van der Waals surface area contributed by atoms with Gasteiger partial charge in [0, 0.05) is 19.3 Å². The van der Waals surface area contributed by atoms with E-state index >= 15 is 0 Å². The van der Waals surface area contributed by atoms with Gasteiger partial charge >= 0.3 is 5.97 Å². The molecule has 20 heavy (non-hydrogen) atoms. The molecule has 1 rings (SSSR count). The zero-order valence-corrected chi connectivity index (χ0v) is 12.3. The number of benzene rings is 1. The maximum atomic E-state index is 12.1. The van der Waals surface area contributed by atoms with Gasteiger partial charge in [0.05, 0.1) is 5.92 Å². The Balaban J connectivity index is 3.08. The maximum absolute atomic E-state index is 12.1. The van der Waals surface area contributed by atoms with Gasteiger partial charge in [0.2, 0.25) is 0 Å². The summed E-state index contributed by atoms with van der Waals surface area (Å²) in [7, 11) is 1.44. The smallest absolute Gasteiger partial charge is 0.308 e. The number of carboxylic acids is 1. The second kappa shape index (κ2) is 7.05. The standard InChI is InChI=1S/C15H21NO4/c1-10-5-11(2)7-13(6-10)16(14(17)9-20-4)8-12(3)15(18)19/h5-7,12H,8-9H2,1-4H3,(H,18,19). The van der Waals surface area contributed by atoms with E-state index in [1.54, 1.807) is 6.92 Å². The lowest BCUT2D eigenvalue weighted by atomic mass is 10.1. The topological polar surface area (TPSA) is 66.8 Å². The number of methoxy groups -OCH3 is 1. The van der Waals surface area contributed by atoms with Crippen molar-refractivity contribution in [1.82, 2.24) is 0 Å². The minimum absolute atomic E-state index is 0.0701. The first-order valence-electron chi connectivity index (χ1n) is 6.45. The second-order valence-corrected chi connectivity index (χ2v) is 5.02. The molecule has 5 heteroatoms. The predicted octanol–water partition coefficient (Wildman–Crippen LogP) is 2.00. The lowest BCUT2D eigenvalue weighted by Crippen LogP contribution is -2.39. The molecule has 0 saturated heterocycles. The van der Waals surface area contributed by atoms with Crippen LogP contribution >= 0.6 is 0 Å². The summed E-state index contributed by atoms with van der Waals surface area (Å²) in [6, 6.07) is 5.74. The van der Waals surface area contributed by atoms with Gasteiger partial charge in [0.1, 0.15) is 6.61 Å². The van der Waals surface area contributed by atoms with Crippen molar-refractivity contribution < 1.29 is 19.4 Å². The molecule has 110 valence electrons. The van der Waals surface area contributed by atoms with Crippen LogP contribution in [0.4, 0.5) is 5.69 Å². The molecular weight excluding hydrogens is 258 g/mol. The number of anilines is 1. The monoisotopic (exact) mass is 279 g/mol. The Morgan fingerprint density at radius 2 is 1.80 bits per heavy atom. The molecule has 1 aromatic rings. The molecule has 1 N–H and O–H groups in total. The quantitative estimate of drug-likeness (QED) is 0.865. The van der Waals surface area contributed by atoms with Crippen molar-refractivity contribution in [2.24, 2.45) is 5.92 Å². The summed E-state index contributed by atoms with van der Waals surface area (Å²) in [6.07, 6.45) is 0. The molecule has 0 aliphatic heterocycles. The molecule has 5 nitrogen and oxygen atoms in total. The largest absolute Gasteiger partial charge is 0.481 e. The third kappa shape index (κ3) is 4.35. The van der Waals surface area contributed by atoms with E-state index in [0.717, 1.165) is 11.1 Å². The van der Waals surface area contributed by atoms with Crippen molar-refractivity contribution in [2.45, 2.75) is 20.8 Å². The minimum atomic E-state index is -0.926. The zero-order chi connectivity index (χ0) is 15.3. The van der Waals surface area contributed by atoms with Crippen molar-refractivity contribution in [2.75, 3.05) is 25.2 Å². The Morgan fingerprint density at radius 1 is 1.25 bits per heavy atom. The first-order chi connectivity index (χ1) is 9.35. The van der Waals surface area contributed by atoms with Crippen molar-refractivity contribution in [3.8, 4) is 0 Å². The first kappa shape index (κ1) is 16.2. The van der Waals surface area contributed by atoms with Gasteiger partial charge in [-0.25, -0.2) is 0 Å². The van der Waals surface area contributed by atoms with Crippen LogP contribution in [0.15, 0.2) is 18.2 Å². The van der Waals surface area contributed by atoms with Gasteiger partial charge in [0.25, 0.3) is 5.91 Å². The number of aliphatic carboxylic acids is 1. The fourth-order valence-corrected chi connectivity index (χ4v) is 2.01. The first-order valence-corrected chi connectivity index (χ1v) is 6.45. The number of hydrogen-bond donors (Lipinski definition) is 1. The van der Waals surface area contributed by atoms with Crippen LogP contribution in [0.25, 0.3) is 0 Å². The number of rotatable bonds is 6. The molecule has 0 aliphatic carbocycles. The number of aryl methyl sites for hydroxylation is 2. The van der Waals surface area contributed by atoms with E-state index < -0.39 is 11.9 Å². The Labute approximate surface area is 119 Å². The number of hydrogen-bond acceptors (Lipinski definition) is 3. The number of nitrogens with zero attached hydrogens (tertiary/aromatic N) is 1. The van der Waals surface area contributed by atoms with Crippen LogP contribution in [-0.2, 0) is 14.3 Å². The van der Waals surface area contributed by atoms with E-state index in [4.69, 9.17) is 9.84 Å². The van der Waals surface area contributed by atoms with E-state index in [9.17, 15) is 9.59 Å². The fraction of sp³-hybridized carbons (Fsp3) is 0.467. The van der Waals surface area contributed by atoms with Crippen molar-refractivity contribution in [3.05, 3.63) is 29.3 Å². The highest BCUT2D eigenvalue weighted by molar-refractivity contribution is 5.95. The van der Waals surface area contributed by atoms with Crippen LogP contribution in [0.5, 0.6) is 0 Å². The van der Waals surface area contributed by atoms with Crippen LogP contribution in [0, 0.1) is 19.8 Å². The molecule has 0 saturated carbocycles. The van der Waals surface area contributed by atoms with Gasteiger partial charge in [-0.15, -0.1) is 0 Å². The minimum Gasteiger partial charge on any atom is -0.481 e. The highest BCUT2D eigenvalue weighted by Crippen LogP contribution is 2.20. The van der Waals surface area contributed by atoms with Gasteiger partial charge < -0.3 is 14.7 Å². The molecule has 0 fully saturated rings. The summed E-state index contributed by atoms with van der Waals surface area (Å²) < 4.78 is 4.87. The lowest BCUT2D eigenvalue weighted by Gasteiger charge is -2.25. The molecule has 1 unspecified atom stereocenters. The van der Waals surface area contributed by atoms with Crippen molar-refractivity contribution in [1.29, 1.82) is 0 Å². The van der Waals surface area contributed by atoms with E-state index in [-0.39, 0.29) is 19.1 Å². The lowest BCUT2D eigenvalue weighted by molar-refractivity contribution is -0.140. The number of amides is 1. The van der Waals surface area contributed by atoms with Crippen LogP contribution < -0.4 is 4.90 Å². The molecule has 0 spiro atoms. The Kier molecular flexibility index (Phi) is 5.70. The van der Waals surface area contributed by atoms with E-state index in [0.29, 0.717) is 5.69 Å². The van der Waals surface area contributed by atoms with E-state index in [1.807, 2.05) is 32.0 Å². The average molecular weight is 279 g/mol. The molecule has 0 bridgehead atoms. The summed E-state index contributed by atoms with van der Waals surface area (Å²) in [5.41, 5.74) is 2.76. The number of carboxylic acid groups (broad SMARTS) is 1. The number of ether oxygens (including phenoxy) is 1. The molecule has 1 amide bonds.